The van der Waals surface area contributed by atoms with Gasteiger partial charge in [0, 0.05) is 12.6 Å². The Kier molecular flexibility index (Phi) is 4.45. The number of fused-ring (bicyclic) bond motifs is 1. The predicted octanol–water partition coefficient (Wildman–Crippen LogP) is 3.20. The van der Waals surface area contributed by atoms with Crippen molar-refractivity contribution in [2.24, 2.45) is 0 Å². The number of nitriles is 1. The zero-order chi connectivity index (χ0) is 17.3. The molecule has 1 aromatic carbocycles. The van der Waals surface area contributed by atoms with Crippen molar-refractivity contribution < 1.29 is 9.13 Å². The quantitative estimate of drug-likeness (QED) is 0.798. The predicted molar refractivity (Wildman–Crippen MR) is 88.3 cm³/mol. The minimum atomic E-state index is -0.687. The highest BCUT2D eigenvalue weighted by Gasteiger charge is 2.25. The van der Waals surface area contributed by atoms with Crippen molar-refractivity contribution in [2.45, 2.75) is 25.8 Å². The van der Waals surface area contributed by atoms with Gasteiger partial charge in [0.25, 0.3) is 0 Å². The lowest BCUT2D eigenvalue weighted by atomic mass is 10.1. The summed E-state index contributed by atoms with van der Waals surface area (Å²) in [5, 5.41) is 9.58. The molecule has 24 heavy (non-hydrogen) atoms. The molecule has 0 N–H and O–H groups in total. The van der Waals surface area contributed by atoms with E-state index in [-0.39, 0.29) is 28.8 Å². The van der Waals surface area contributed by atoms with Crippen LogP contribution in [0, 0.1) is 17.1 Å². The number of imidazole rings is 1. The van der Waals surface area contributed by atoms with Crippen LogP contribution in [-0.4, -0.2) is 15.7 Å². The maximum absolute atomic E-state index is 14.5. The van der Waals surface area contributed by atoms with Gasteiger partial charge in [-0.05, 0) is 25.3 Å². The average molecular weight is 348 g/mol. The first-order valence-corrected chi connectivity index (χ1v) is 7.94. The lowest BCUT2D eigenvalue weighted by molar-refractivity contribution is 0.362. The SMILES string of the molecule is C=CCOc1cc(-n2c(C#N)c3n(c2=O)CCCC3)c(F)cc1Cl. The number of benzene rings is 1. The lowest BCUT2D eigenvalue weighted by Gasteiger charge is -2.12. The number of hydrogen-bond acceptors (Lipinski definition) is 3. The van der Waals surface area contributed by atoms with Crippen LogP contribution in [0.25, 0.3) is 5.69 Å². The van der Waals surface area contributed by atoms with Gasteiger partial charge in [-0.2, -0.15) is 5.26 Å². The van der Waals surface area contributed by atoms with Crippen molar-refractivity contribution in [3.63, 3.8) is 0 Å². The molecule has 3 rings (SSSR count). The maximum atomic E-state index is 14.5. The molecular weight excluding hydrogens is 333 g/mol. The van der Waals surface area contributed by atoms with Gasteiger partial charge < -0.3 is 4.74 Å². The normalized spacial score (nSPS) is 13.2. The molecule has 0 spiro atoms. The van der Waals surface area contributed by atoms with Crippen molar-refractivity contribution in [2.75, 3.05) is 6.61 Å². The lowest BCUT2D eigenvalue weighted by Crippen LogP contribution is -2.26. The number of nitrogens with zero attached hydrogens (tertiary/aromatic N) is 3. The van der Waals surface area contributed by atoms with Gasteiger partial charge in [-0.15, -0.1) is 0 Å². The summed E-state index contributed by atoms with van der Waals surface area (Å²) in [6, 6.07) is 4.46. The number of halogens is 2. The van der Waals surface area contributed by atoms with Crippen molar-refractivity contribution in [3.8, 4) is 17.5 Å². The highest BCUT2D eigenvalue weighted by molar-refractivity contribution is 6.32. The fourth-order valence-electron chi connectivity index (χ4n) is 2.92. The summed E-state index contributed by atoms with van der Waals surface area (Å²) in [7, 11) is 0. The highest BCUT2D eigenvalue weighted by Crippen LogP contribution is 2.31. The van der Waals surface area contributed by atoms with Crippen LogP contribution in [-0.2, 0) is 13.0 Å². The van der Waals surface area contributed by atoms with Crippen molar-refractivity contribution in [1.29, 1.82) is 5.26 Å². The van der Waals surface area contributed by atoms with E-state index >= 15 is 0 Å². The second-order valence-corrected chi connectivity index (χ2v) is 5.87. The van der Waals surface area contributed by atoms with Gasteiger partial charge in [0.05, 0.1) is 16.4 Å². The van der Waals surface area contributed by atoms with E-state index in [2.05, 4.69) is 6.58 Å². The zero-order valence-corrected chi connectivity index (χ0v) is 13.6. The maximum Gasteiger partial charge on any atom is 0.334 e. The fourth-order valence-corrected chi connectivity index (χ4v) is 3.13. The molecule has 124 valence electrons. The number of hydrogen-bond donors (Lipinski definition) is 0. The summed E-state index contributed by atoms with van der Waals surface area (Å²) in [6.07, 6.45) is 3.91. The molecule has 0 saturated heterocycles. The summed E-state index contributed by atoms with van der Waals surface area (Å²) < 4.78 is 22.5. The van der Waals surface area contributed by atoms with Gasteiger partial charge in [0.1, 0.15) is 29.9 Å². The average Bonchev–Trinajstić information content (AvgIpc) is 2.87. The van der Waals surface area contributed by atoms with Crippen LogP contribution in [0.2, 0.25) is 5.02 Å². The molecule has 0 atom stereocenters. The molecule has 5 nitrogen and oxygen atoms in total. The molecule has 2 aromatic rings. The molecule has 1 aliphatic rings. The first-order chi connectivity index (χ1) is 11.6. The first-order valence-electron chi connectivity index (χ1n) is 7.56. The largest absolute Gasteiger partial charge is 0.488 e. The van der Waals surface area contributed by atoms with Gasteiger partial charge in [0.15, 0.2) is 0 Å². The number of aromatic nitrogens is 2. The topological polar surface area (TPSA) is 60.0 Å². The van der Waals surface area contributed by atoms with E-state index in [1.165, 1.54) is 12.1 Å². The van der Waals surface area contributed by atoms with Crippen LogP contribution in [0.15, 0.2) is 29.6 Å². The monoisotopic (exact) mass is 347 g/mol. The van der Waals surface area contributed by atoms with Gasteiger partial charge in [-0.1, -0.05) is 24.3 Å². The Morgan fingerprint density at radius 3 is 2.96 bits per heavy atom. The van der Waals surface area contributed by atoms with Gasteiger partial charge in [-0.3, -0.25) is 4.57 Å². The van der Waals surface area contributed by atoms with E-state index < -0.39 is 11.5 Å². The molecule has 2 heterocycles. The molecule has 1 aliphatic heterocycles. The van der Waals surface area contributed by atoms with Crippen LogP contribution in [0.1, 0.15) is 24.2 Å². The Morgan fingerprint density at radius 2 is 2.25 bits per heavy atom. The molecule has 0 aliphatic carbocycles. The molecule has 0 bridgehead atoms. The fraction of sp³-hybridized carbons (Fsp3) is 0.294. The molecular formula is C17H15ClFN3O2. The second kappa shape index (κ2) is 6.54. The van der Waals surface area contributed by atoms with Crippen LogP contribution in [0.5, 0.6) is 5.75 Å². The molecule has 0 radical (unpaired) electrons. The van der Waals surface area contributed by atoms with Crippen molar-refractivity contribution >= 4 is 11.6 Å². The Morgan fingerprint density at radius 1 is 1.46 bits per heavy atom. The molecule has 0 saturated carbocycles. The van der Waals surface area contributed by atoms with Crippen molar-refractivity contribution in [3.05, 3.63) is 57.5 Å². The first kappa shape index (κ1) is 16.3. The van der Waals surface area contributed by atoms with E-state index in [1.54, 1.807) is 4.57 Å². The summed E-state index contributed by atoms with van der Waals surface area (Å²) in [4.78, 5) is 12.7. The Balaban J connectivity index is 2.23. The van der Waals surface area contributed by atoms with Crippen LogP contribution in [0.4, 0.5) is 4.39 Å². The van der Waals surface area contributed by atoms with E-state index in [9.17, 15) is 14.4 Å². The molecule has 0 unspecified atom stereocenters. The molecule has 0 amide bonds. The summed E-state index contributed by atoms with van der Waals surface area (Å²) in [6.45, 7) is 4.27. The van der Waals surface area contributed by atoms with Crippen LogP contribution >= 0.6 is 11.6 Å². The molecule has 0 fully saturated rings. The minimum Gasteiger partial charge on any atom is -0.488 e. The van der Waals surface area contributed by atoms with E-state index in [0.717, 1.165) is 23.5 Å². The summed E-state index contributed by atoms with van der Waals surface area (Å²) in [5.41, 5.74) is 0.353. The Labute approximate surface area is 143 Å². The smallest absolute Gasteiger partial charge is 0.334 e. The minimum absolute atomic E-state index is 0.0399. The zero-order valence-electron chi connectivity index (χ0n) is 12.9. The van der Waals surface area contributed by atoms with Gasteiger partial charge >= 0.3 is 5.69 Å². The number of ether oxygens (including phenoxy) is 1. The Bertz CT molecular complexity index is 908. The third-order valence-electron chi connectivity index (χ3n) is 4.00. The standard InChI is InChI=1S/C17H15ClFN3O2/c1-2-7-24-16-9-14(12(19)8-11(16)18)22-15(10-20)13-5-3-4-6-21(13)17(22)23/h2,8-9H,1,3-7H2. The van der Waals surface area contributed by atoms with E-state index in [1.807, 2.05) is 6.07 Å². The van der Waals surface area contributed by atoms with E-state index in [0.29, 0.717) is 18.7 Å². The van der Waals surface area contributed by atoms with Gasteiger partial charge in [-0.25, -0.2) is 13.8 Å². The van der Waals surface area contributed by atoms with E-state index in [4.69, 9.17) is 16.3 Å². The second-order valence-electron chi connectivity index (χ2n) is 5.47. The van der Waals surface area contributed by atoms with Crippen LogP contribution in [0.3, 0.4) is 0 Å². The third kappa shape index (κ3) is 2.61. The molecule has 1 aromatic heterocycles. The summed E-state index contributed by atoms with van der Waals surface area (Å²) >= 11 is 5.98. The third-order valence-corrected chi connectivity index (χ3v) is 4.29. The van der Waals surface area contributed by atoms with Crippen LogP contribution < -0.4 is 10.4 Å². The highest BCUT2D eigenvalue weighted by atomic mass is 35.5. The van der Waals surface area contributed by atoms with Gasteiger partial charge in [0.2, 0.25) is 0 Å². The summed E-state index contributed by atoms with van der Waals surface area (Å²) in [5.74, 6) is -0.458. The number of rotatable bonds is 4. The molecule has 7 heteroatoms. The van der Waals surface area contributed by atoms with Crippen molar-refractivity contribution in [1.82, 2.24) is 9.13 Å². The Hall–Kier alpha value is -2.52.